The number of amides is 1. The third kappa shape index (κ3) is 6.00. The highest BCUT2D eigenvalue weighted by Crippen LogP contribution is 2.34. The Kier molecular flexibility index (Phi) is 7.56. The number of carbonyl (C=O) groups is 1. The van der Waals surface area contributed by atoms with Crippen molar-refractivity contribution in [3.8, 4) is 39.7 Å². The van der Waals surface area contributed by atoms with Gasteiger partial charge in [0.25, 0.3) is 0 Å². The van der Waals surface area contributed by atoms with E-state index in [0.29, 0.717) is 52.9 Å². The van der Waals surface area contributed by atoms with Gasteiger partial charge in [0.2, 0.25) is 5.91 Å². The number of rotatable bonds is 8. The van der Waals surface area contributed by atoms with Gasteiger partial charge in [-0.2, -0.15) is 5.10 Å². The van der Waals surface area contributed by atoms with Gasteiger partial charge in [0.1, 0.15) is 29.4 Å². The first-order valence-corrected chi connectivity index (χ1v) is 14.2. The Morgan fingerprint density at radius 2 is 1.82 bits per heavy atom. The Labute approximate surface area is 253 Å². The van der Waals surface area contributed by atoms with Crippen LogP contribution >= 0.6 is 0 Å². The summed E-state index contributed by atoms with van der Waals surface area (Å²) in [4.78, 5) is 31.6. The van der Waals surface area contributed by atoms with Crippen LogP contribution in [0.15, 0.2) is 67.1 Å². The van der Waals surface area contributed by atoms with E-state index in [1.807, 2.05) is 70.1 Å². The maximum atomic E-state index is 14.6. The van der Waals surface area contributed by atoms with Crippen LogP contribution in [0, 0.1) is 11.2 Å². The standard InChI is InChI=1S/C33H33FN8O2/c1-33(2,3)32(43)37-23-13-21(17-35-18-23)19-6-7-26-25(15-19)29(41-40-26)31-38-27-8-9-36-28(30(27)39-31)20-12-22(34)16-24(14-20)44-11-10-42(4)5/h6-9,12-18H,10-11H2,1-5H3,(H,37,43)(H,38,39)(H,40,41). The Bertz CT molecular complexity index is 1990. The smallest absolute Gasteiger partial charge is 0.229 e. The predicted molar refractivity (Wildman–Crippen MR) is 170 cm³/mol. The van der Waals surface area contributed by atoms with E-state index in [1.165, 1.54) is 12.1 Å². The van der Waals surface area contributed by atoms with E-state index in [4.69, 9.17) is 9.72 Å². The maximum Gasteiger partial charge on any atom is 0.229 e. The van der Waals surface area contributed by atoms with Crippen molar-refractivity contribution in [1.82, 2.24) is 35.0 Å². The summed E-state index contributed by atoms with van der Waals surface area (Å²) in [6.07, 6.45) is 5.05. The molecular formula is C33H33FN8O2. The fourth-order valence-electron chi connectivity index (χ4n) is 4.75. The summed E-state index contributed by atoms with van der Waals surface area (Å²) in [5, 5.41) is 11.4. The Balaban J connectivity index is 1.35. The van der Waals surface area contributed by atoms with Crippen molar-refractivity contribution in [2.75, 3.05) is 32.6 Å². The summed E-state index contributed by atoms with van der Waals surface area (Å²) >= 11 is 0. The fourth-order valence-corrected chi connectivity index (χ4v) is 4.75. The monoisotopic (exact) mass is 592 g/mol. The number of halogens is 1. The number of hydrogen-bond acceptors (Lipinski definition) is 7. The van der Waals surface area contributed by atoms with E-state index in [1.54, 1.807) is 24.7 Å². The maximum absolute atomic E-state index is 14.6. The SMILES string of the molecule is CN(C)CCOc1cc(F)cc(-c2nccc3[nH]c(-c4n[nH]c5ccc(-c6cncc(NC(=O)C(C)(C)C)c6)cc45)nc23)c1. The van der Waals surface area contributed by atoms with Crippen LogP contribution in [-0.2, 0) is 4.79 Å². The summed E-state index contributed by atoms with van der Waals surface area (Å²) < 4.78 is 20.4. The van der Waals surface area contributed by atoms with Gasteiger partial charge in [0.15, 0.2) is 5.82 Å². The number of anilines is 1. The number of nitrogens with zero attached hydrogens (tertiary/aromatic N) is 5. The highest BCUT2D eigenvalue weighted by molar-refractivity contribution is 5.98. The number of hydrogen-bond donors (Lipinski definition) is 3. The topological polar surface area (TPSA) is 125 Å². The van der Waals surface area contributed by atoms with Crippen molar-refractivity contribution in [2.45, 2.75) is 20.8 Å². The first-order valence-electron chi connectivity index (χ1n) is 14.2. The van der Waals surface area contributed by atoms with Crippen LogP contribution in [0.2, 0.25) is 0 Å². The Morgan fingerprint density at radius 1 is 0.977 bits per heavy atom. The number of benzene rings is 2. The van der Waals surface area contributed by atoms with Gasteiger partial charge >= 0.3 is 0 Å². The quantitative estimate of drug-likeness (QED) is 0.190. The number of ether oxygens (including phenoxy) is 1. The summed E-state index contributed by atoms with van der Waals surface area (Å²) in [5.41, 5.74) is 5.72. The summed E-state index contributed by atoms with van der Waals surface area (Å²) in [5.74, 6) is 0.466. The average molecular weight is 593 g/mol. The first kappa shape index (κ1) is 28.9. The van der Waals surface area contributed by atoms with Gasteiger partial charge in [-0.3, -0.25) is 19.9 Å². The molecule has 4 heterocycles. The van der Waals surface area contributed by atoms with Crippen LogP contribution in [0.1, 0.15) is 20.8 Å². The molecule has 11 heteroatoms. The minimum Gasteiger partial charge on any atom is -0.492 e. The van der Waals surface area contributed by atoms with Crippen LogP contribution in [0.4, 0.5) is 10.1 Å². The molecule has 6 rings (SSSR count). The van der Waals surface area contributed by atoms with E-state index < -0.39 is 11.2 Å². The lowest BCUT2D eigenvalue weighted by atomic mass is 9.95. The third-order valence-corrected chi connectivity index (χ3v) is 7.15. The highest BCUT2D eigenvalue weighted by Gasteiger charge is 2.22. The fraction of sp³-hybridized carbons (Fsp3) is 0.242. The molecule has 0 fully saturated rings. The second-order valence-electron chi connectivity index (χ2n) is 12.0. The van der Waals surface area contributed by atoms with Crippen molar-refractivity contribution < 1.29 is 13.9 Å². The van der Waals surface area contributed by atoms with E-state index in [0.717, 1.165) is 27.5 Å². The normalized spacial score (nSPS) is 11.9. The van der Waals surface area contributed by atoms with Gasteiger partial charge in [-0.25, -0.2) is 9.37 Å². The number of H-pyrrole nitrogens is 2. The highest BCUT2D eigenvalue weighted by atomic mass is 19.1. The van der Waals surface area contributed by atoms with Crippen LogP contribution < -0.4 is 10.1 Å². The average Bonchev–Trinajstić information content (AvgIpc) is 3.60. The van der Waals surface area contributed by atoms with Crippen LogP contribution in [0.3, 0.4) is 0 Å². The number of pyridine rings is 2. The molecule has 0 spiro atoms. The minimum atomic E-state index is -0.529. The van der Waals surface area contributed by atoms with Gasteiger partial charge in [0.05, 0.1) is 28.6 Å². The molecule has 2 aromatic carbocycles. The molecule has 0 bridgehead atoms. The second-order valence-corrected chi connectivity index (χ2v) is 12.0. The molecule has 10 nitrogen and oxygen atoms in total. The van der Waals surface area contributed by atoms with E-state index in [9.17, 15) is 9.18 Å². The summed E-state index contributed by atoms with van der Waals surface area (Å²) in [7, 11) is 3.90. The van der Waals surface area contributed by atoms with Crippen molar-refractivity contribution >= 4 is 33.5 Å². The molecule has 0 atom stereocenters. The molecule has 0 saturated carbocycles. The van der Waals surface area contributed by atoms with Gasteiger partial charge in [-0.05, 0) is 56.1 Å². The van der Waals surface area contributed by atoms with Gasteiger partial charge < -0.3 is 19.9 Å². The van der Waals surface area contributed by atoms with Gasteiger partial charge in [-0.1, -0.05) is 26.8 Å². The number of likely N-dealkylation sites (N-methyl/N-ethyl adjacent to an activating group) is 1. The number of imidazole rings is 1. The van der Waals surface area contributed by atoms with Crippen LogP contribution in [0.25, 0.3) is 55.8 Å². The Hall–Kier alpha value is -5.16. The summed E-state index contributed by atoms with van der Waals surface area (Å²) in [6, 6.07) is 14.2. The molecule has 4 aromatic heterocycles. The zero-order chi connectivity index (χ0) is 31.0. The third-order valence-electron chi connectivity index (χ3n) is 7.15. The molecule has 0 saturated heterocycles. The molecule has 0 unspecified atom stereocenters. The molecule has 44 heavy (non-hydrogen) atoms. The molecule has 0 radical (unpaired) electrons. The van der Waals surface area contributed by atoms with Crippen molar-refractivity contribution in [3.63, 3.8) is 0 Å². The lowest BCUT2D eigenvalue weighted by Gasteiger charge is -2.17. The minimum absolute atomic E-state index is 0.0888. The lowest BCUT2D eigenvalue weighted by Crippen LogP contribution is -2.27. The van der Waals surface area contributed by atoms with E-state index in [2.05, 4.69) is 30.5 Å². The molecule has 0 aliphatic rings. The zero-order valence-corrected chi connectivity index (χ0v) is 25.2. The number of nitrogens with one attached hydrogen (secondary N) is 3. The van der Waals surface area contributed by atoms with Crippen LogP contribution in [0.5, 0.6) is 5.75 Å². The zero-order valence-electron chi connectivity index (χ0n) is 25.2. The molecule has 1 amide bonds. The van der Waals surface area contributed by atoms with Crippen LogP contribution in [-0.4, -0.2) is 68.2 Å². The van der Waals surface area contributed by atoms with E-state index >= 15 is 0 Å². The molecule has 3 N–H and O–H groups in total. The van der Waals surface area contributed by atoms with Gasteiger partial charge in [0, 0.05) is 46.9 Å². The molecular weight excluding hydrogens is 559 g/mol. The number of aromatic nitrogens is 6. The van der Waals surface area contributed by atoms with Crippen molar-refractivity contribution in [1.29, 1.82) is 0 Å². The number of carbonyl (C=O) groups excluding carboxylic acids is 1. The van der Waals surface area contributed by atoms with Crippen molar-refractivity contribution in [2.24, 2.45) is 5.41 Å². The first-order chi connectivity index (χ1) is 21.0. The molecule has 224 valence electrons. The van der Waals surface area contributed by atoms with E-state index in [-0.39, 0.29) is 5.91 Å². The largest absolute Gasteiger partial charge is 0.492 e. The number of aromatic amines is 2. The second kappa shape index (κ2) is 11.5. The van der Waals surface area contributed by atoms with Crippen molar-refractivity contribution in [3.05, 3.63) is 72.9 Å². The molecule has 0 aliphatic carbocycles. The lowest BCUT2D eigenvalue weighted by molar-refractivity contribution is -0.123. The van der Waals surface area contributed by atoms with Gasteiger partial charge in [-0.15, -0.1) is 0 Å². The summed E-state index contributed by atoms with van der Waals surface area (Å²) in [6.45, 7) is 6.73. The number of fused-ring (bicyclic) bond motifs is 2. The molecule has 6 aromatic rings. The molecule has 0 aliphatic heterocycles. The predicted octanol–water partition coefficient (Wildman–Crippen LogP) is 6.29. The Morgan fingerprint density at radius 3 is 2.61 bits per heavy atom.